The first kappa shape index (κ1) is 14.4. The Morgan fingerprint density at radius 2 is 1.79 bits per heavy atom. The van der Waals surface area contributed by atoms with Gasteiger partial charge in [0.1, 0.15) is 11.6 Å². The average molecular weight is 268 g/mol. The monoisotopic (exact) mass is 268 g/mol. The predicted molar refractivity (Wildman–Crippen MR) is 72.8 cm³/mol. The van der Waals surface area contributed by atoms with E-state index in [1.54, 1.807) is 0 Å². The maximum Gasteiger partial charge on any atom is 0.128 e. The van der Waals surface area contributed by atoms with Gasteiger partial charge >= 0.3 is 0 Å². The molecule has 1 fully saturated rings. The predicted octanol–water partition coefficient (Wildman–Crippen LogP) is 3.23. The lowest BCUT2D eigenvalue weighted by Crippen LogP contribution is -2.53. The van der Waals surface area contributed by atoms with Gasteiger partial charge in [0.25, 0.3) is 0 Å². The van der Waals surface area contributed by atoms with Crippen molar-refractivity contribution in [1.29, 1.82) is 0 Å². The molecule has 0 radical (unpaired) electrons. The molecule has 1 atom stereocenters. The van der Waals surface area contributed by atoms with Crippen molar-refractivity contribution in [3.63, 3.8) is 0 Å². The standard InChI is InChI=1S/C15H22F2N2/c1-19(2)15(8-4-3-5-9-15)14(18)12-10-11(16)6-7-13(12)17/h6-7,10,14H,3-5,8-9,18H2,1-2H3. The Balaban J connectivity index is 2.39. The van der Waals surface area contributed by atoms with Gasteiger partial charge < -0.3 is 10.6 Å². The van der Waals surface area contributed by atoms with Crippen LogP contribution in [0.4, 0.5) is 8.78 Å². The molecule has 1 aromatic carbocycles. The van der Waals surface area contributed by atoms with Crippen LogP contribution in [0.5, 0.6) is 0 Å². The van der Waals surface area contributed by atoms with E-state index in [0.717, 1.165) is 37.8 Å². The van der Waals surface area contributed by atoms with Crippen LogP contribution in [0, 0.1) is 11.6 Å². The third kappa shape index (κ3) is 2.65. The first-order valence-electron chi connectivity index (χ1n) is 6.85. The van der Waals surface area contributed by atoms with Gasteiger partial charge in [-0.05, 0) is 45.1 Å². The van der Waals surface area contributed by atoms with Gasteiger partial charge in [-0.15, -0.1) is 0 Å². The van der Waals surface area contributed by atoms with Crippen LogP contribution in [-0.4, -0.2) is 24.5 Å². The number of rotatable bonds is 3. The van der Waals surface area contributed by atoms with Crippen molar-refractivity contribution in [3.8, 4) is 0 Å². The highest BCUT2D eigenvalue weighted by Crippen LogP contribution is 2.41. The second-order valence-corrected chi connectivity index (χ2v) is 5.70. The molecule has 0 bridgehead atoms. The molecule has 1 aromatic rings. The van der Waals surface area contributed by atoms with Crippen LogP contribution in [0.1, 0.15) is 43.7 Å². The van der Waals surface area contributed by atoms with Crippen LogP contribution in [-0.2, 0) is 0 Å². The molecule has 1 aliphatic rings. The molecule has 0 heterocycles. The molecule has 0 saturated heterocycles. The molecule has 4 heteroatoms. The van der Waals surface area contributed by atoms with Crippen LogP contribution in [0.25, 0.3) is 0 Å². The van der Waals surface area contributed by atoms with Crippen molar-refractivity contribution >= 4 is 0 Å². The van der Waals surface area contributed by atoms with Crippen molar-refractivity contribution in [3.05, 3.63) is 35.4 Å². The lowest BCUT2D eigenvalue weighted by atomic mass is 9.73. The molecule has 2 nitrogen and oxygen atoms in total. The number of nitrogens with zero attached hydrogens (tertiary/aromatic N) is 1. The largest absolute Gasteiger partial charge is 0.322 e. The SMILES string of the molecule is CN(C)C1(C(N)c2cc(F)ccc2F)CCCCC1. The van der Waals surface area contributed by atoms with Crippen LogP contribution in [0.2, 0.25) is 0 Å². The minimum absolute atomic E-state index is 0.271. The minimum atomic E-state index is -0.501. The van der Waals surface area contributed by atoms with Gasteiger partial charge in [0, 0.05) is 11.1 Å². The van der Waals surface area contributed by atoms with E-state index >= 15 is 0 Å². The first-order valence-corrected chi connectivity index (χ1v) is 6.85. The average Bonchev–Trinajstić information content (AvgIpc) is 2.41. The van der Waals surface area contributed by atoms with E-state index in [1.807, 2.05) is 14.1 Å². The lowest BCUT2D eigenvalue weighted by molar-refractivity contribution is 0.0700. The third-order valence-electron chi connectivity index (χ3n) is 4.48. The summed E-state index contributed by atoms with van der Waals surface area (Å²) in [5.74, 6) is -0.850. The molecule has 0 aromatic heterocycles. The lowest BCUT2D eigenvalue weighted by Gasteiger charge is -2.47. The zero-order valence-corrected chi connectivity index (χ0v) is 11.6. The van der Waals surface area contributed by atoms with Gasteiger partial charge in [-0.25, -0.2) is 8.78 Å². The number of halogens is 2. The Hall–Kier alpha value is -1.00. The summed E-state index contributed by atoms with van der Waals surface area (Å²) in [6.07, 6.45) is 5.22. The van der Waals surface area contributed by atoms with Crippen LogP contribution >= 0.6 is 0 Å². The van der Waals surface area contributed by atoms with Crippen molar-refractivity contribution < 1.29 is 8.78 Å². The van der Waals surface area contributed by atoms with Gasteiger partial charge in [0.2, 0.25) is 0 Å². The number of hydrogen-bond acceptors (Lipinski definition) is 2. The summed E-state index contributed by atoms with van der Waals surface area (Å²) in [7, 11) is 3.95. The maximum absolute atomic E-state index is 13.9. The van der Waals surface area contributed by atoms with Crippen LogP contribution < -0.4 is 5.73 Å². The fraction of sp³-hybridized carbons (Fsp3) is 0.600. The van der Waals surface area contributed by atoms with Crippen molar-refractivity contribution in [2.24, 2.45) is 5.73 Å². The van der Waals surface area contributed by atoms with Gasteiger partial charge in [-0.3, -0.25) is 0 Å². The quantitative estimate of drug-likeness (QED) is 0.912. The molecule has 19 heavy (non-hydrogen) atoms. The molecule has 106 valence electrons. The summed E-state index contributed by atoms with van der Waals surface area (Å²) in [6, 6.07) is 3.03. The Kier molecular flexibility index (Phi) is 4.21. The number of hydrogen-bond donors (Lipinski definition) is 1. The molecule has 1 saturated carbocycles. The molecule has 0 spiro atoms. The zero-order chi connectivity index (χ0) is 14.0. The fourth-order valence-electron chi connectivity index (χ4n) is 3.24. The van der Waals surface area contributed by atoms with Gasteiger partial charge in [-0.2, -0.15) is 0 Å². The molecule has 2 rings (SSSR count). The minimum Gasteiger partial charge on any atom is -0.322 e. The van der Waals surface area contributed by atoms with Crippen molar-refractivity contribution in [2.75, 3.05) is 14.1 Å². The summed E-state index contributed by atoms with van der Waals surface area (Å²) in [5, 5.41) is 0. The molecule has 1 unspecified atom stereocenters. The Morgan fingerprint density at radius 3 is 2.37 bits per heavy atom. The zero-order valence-electron chi connectivity index (χ0n) is 11.6. The summed E-state index contributed by atoms with van der Waals surface area (Å²) < 4.78 is 27.3. The highest BCUT2D eigenvalue weighted by Gasteiger charge is 2.41. The first-order chi connectivity index (χ1) is 8.97. The summed E-state index contributed by atoms with van der Waals surface area (Å²) >= 11 is 0. The second-order valence-electron chi connectivity index (χ2n) is 5.70. The van der Waals surface area contributed by atoms with Crippen LogP contribution in [0.15, 0.2) is 18.2 Å². The van der Waals surface area contributed by atoms with Crippen LogP contribution in [0.3, 0.4) is 0 Å². The van der Waals surface area contributed by atoms with Gasteiger partial charge in [0.15, 0.2) is 0 Å². The van der Waals surface area contributed by atoms with E-state index in [-0.39, 0.29) is 11.1 Å². The molecular formula is C15H22F2N2. The van der Waals surface area contributed by atoms with E-state index in [9.17, 15) is 8.78 Å². The fourth-order valence-corrected chi connectivity index (χ4v) is 3.24. The Morgan fingerprint density at radius 1 is 1.16 bits per heavy atom. The number of likely N-dealkylation sites (N-methyl/N-ethyl adjacent to an activating group) is 1. The number of nitrogens with two attached hydrogens (primary N) is 1. The van der Waals surface area contributed by atoms with Crippen molar-refractivity contribution in [2.45, 2.75) is 43.7 Å². The molecule has 2 N–H and O–H groups in total. The van der Waals surface area contributed by atoms with E-state index in [1.165, 1.54) is 12.5 Å². The maximum atomic E-state index is 13.9. The van der Waals surface area contributed by atoms with Gasteiger partial charge in [-0.1, -0.05) is 19.3 Å². The van der Waals surface area contributed by atoms with E-state index in [2.05, 4.69) is 4.90 Å². The highest BCUT2D eigenvalue weighted by atomic mass is 19.1. The normalized spacial score (nSPS) is 20.5. The van der Waals surface area contributed by atoms with E-state index in [0.29, 0.717) is 0 Å². The van der Waals surface area contributed by atoms with E-state index < -0.39 is 17.7 Å². The van der Waals surface area contributed by atoms with Crippen molar-refractivity contribution in [1.82, 2.24) is 4.90 Å². The van der Waals surface area contributed by atoms with Gasteiger partial charge in [0.05, 0.1) is 6.04 Å². The smallest absolute Gasteiger partial charge is 0.128 e. The third-order valence-corrected chi connectivity index (χ3v) is 4.48. The number of benzene rings is 1. The summed E-state index contributed by atoms with van der Waals surface area (Å²) in [5.41, 5.74) is 6.34. The summed E-state index contributed by atoms with van der Waals surface area (Å²) in [4.78, 5) is 2.08. The van der Waals surface area contributed by atoms with E-state index in [4.69, 9.17) is 5.73 Å². The topological polar surface area (TPSA) is 29.3 Å². The molecule has 1 aliphatic carbocycles. The summed E-state index contributed by atoms with van der Waals surface area (Å²) in [6.45, 7) is 0. The molecule has 0 amide bonds. The highest BCUT2D eigenvalue weighted by molar-refractivity contribution is 5.26. The Bertz CT molecular complexity index is 440. The Labute approximate surface area is 113 Å². The second kappa shape index (κ2) is 5.55. The molecule has 0 aliphatic heterocycles. The molecular weight excluding hydrogens is 246 g/mol.